The number of carbonyl (C=O) groups excluding carboxylic acids is 2. The van der Waals surface area contributed by atoms with E-state index in [-0.39, 0.29) is 18.4 Å². The lowest BCUT2D eigenvalue weighted by Gasteiger charge is -2.10. The van der Waals surface area contributed by atoms with E-state index in [0.29, 0.717) is 22.9 Å². The molecule has 4 rings (SSSR count). The minimum absolute atomic E-state index is 0.108. The molecule has 1 aliphatic carbocycles. The van der Waals surface area contributed by atoms with Gasteiger partial charge in [-0.05, 0) is 61.1 Å². The first-order valence-electron chi connectivity index (χ1n) is 9.91. The van der Waals surface area contributed by atoms with Crippen LogP contribution in [0.4, 0.5) is 5.00 Å². The van der Waals surface area contributed by atoms with Crippen LogP contribution in [0.15, 0.2) is 48.8 Å². The second-order valence-corrected chi connectivity index (χ2v) is 8.36. The number of amides is 2. The van der Waals surface area contributed by atoms with E-state index in [1.54, 1.807) is 12.4 Å². The summed E-state index contributed by atoms with van der Waals surface area (Å²) in [5, 5.41) is 6.44. The Morgan fingerprint density at radius 1 is 1.20 bits per heavy atom. The van der Waals surface area contributed by atoms with Crippen LogP contribution in [0.1, 0.15) is 38.3 Å². The molecular weight excluding hydrogens is 398 g/mol. The monoisotopic (exact) mass is 421 g/mol. The number of thiophene rings is 1. The van der Waals surface area contributed by atoms with Crippen molar-refractivity contribution < 1.29 is 14.3 Å². The van der Waals surface area contributed by atoms with Gasteiger partial charge in [0.05, 0.1) is 5.56 Å². The zero-order valence-electron chi connectivity index (χ0n) is 16.7. The van der Waals surface area contributed by atoms with Crippen molar-refractivity contribution in [2.75, 3.05) is 11.9 Å². The lowest BCUT2D eigenvalue weighted by molar-refractivity contribution is -0.118. The van der Waals surface area contributed by atoms with Gasteiger partial charge in [0, 0.05) is 23.8 Å². The highest BCUT2D eigenvalue weighted by Crippen LogP contribution is 2.39. The van der Waals surface area contributed by atoms with Gasteiger partial charge in [0.1, 0.15) is 10.8 Å². The van der Waals surface area contributed by atoms with Crippen molar-refractivity contribution in [3.63, 3.8) is 0 Å². The molecule has 1 aromatic carbocycles. The summed E-state index contributed by atoms with van der Waals surface area (Å²) in [6.07, 6.45) is 6.26. The summed E-state index contributed by atoms with van der Waals surface area (Å²) in [7, 11) is 0. The Balaban J connectivity index is 1.44. The van der Waals surface area contributed by atoms with Crippen LogP contribution >= 0.6 is 11.3 Å². The first kappa shape index (κ1) is 20.1. The van der Waals surface area contributed by atoms with E-state index >= 15 is 0 Å². The highest BCUT2D eigenvalue weighted by atomic mass is 32.1. The number of nitrogens with one attached hydrogen (secondary N) is 2. The van der Waals surface area contributed by atoms with Crippen LogP contribution in [-0.4, -0.2) is 23.4 Å². The minimum atomic E-state index is -0.280. The molecule has 2 N–H and O–H groups in total. The first-order valence-corrected chi connectivity index (χ1v) is 10.7. The smallest absolute Gasteiger partial charge is 0.262 e. The molecule has 154 valence electrons. The van der Waals surface area contributed by atoms with Crippen molar-refractivity contribution in [2.45, 2.75) is 32.7 Å². The van der Waals surface area contributed by atoms with E-state index in [9.17, 15) is 9.59 Å². The van der Waals surface area contributed by atoms with Gasteiger partial charge >= 0.3 is 0 Å². The van der Waals surface area contributed by atoms with Crippen molar-refractivity contribution in [3.05, 3.63) is 75.9 Å². The number of rotatable bonds is 7. The van der Waals surface area contributed by atoms with Crippen LogP contribution in [0, 0.1) is 6.92 Å². The third-order valence-electron chi connectivity index (χ3n) is 4.94. The molecule has 2 aromatic heterocycles. The van der Waals surface area contributed by atoms with Crippen LogP contribution in [0.3, 0.4) is 0 Å². The van der Waals surface area contributed by atoms with Gasteiger partial charge in [0.25, 0.3) is 11.8 Å². The summed E-state index contributed by atoms with van der Waals surface area (Å²) < 4.78 is 5.59. The first-order chi connectivity index (χ1) is 14.6. The van der Waals surface area contributed by atoms with Gasteiger partial charge in [0.15, 0.2) is 6.61 Å². The predicted octanol–water partition coefficient (Wildman–Crippen LogP) is 3.89. The average molecular weight is 422 g/mol. The van der Waals surface area contributed by atoms with E-state index in [0.717, 1.165) is 36.0 Å². The number of fused-ring (bicyclic) bond motifs is 1. The lowest BCUT2D eigenvalue weighted by Crippen LogP contribution is -2.26. The summed E-state index contributed by atoms with van der Waals surface area (Å²) >= 11 is 1.49. The summed E-state index contributed by atoms with van der Waals surface area (Å²) in [5.41, 5.74) is 3.63. The summed E-state index contributed by atoms with van der Waals surface area (Å²) in [6.45, 7) is 2.25. The molecule has 2 heterocycles. The molecule has 0 bridgehead atoms. The molecule has 0 aliphatic heterocycles. The standard InChI is InChI=1S/C23H23N3O3S/c1-15-5-2-7-17(11-15)29-14-20(27)26-23-21(18-8-3-9-19(18)30-23)22(28)25-13-16-6-4-10-24-12-16/h2,4-7,10-12H,3,8-9,13-14H2,1H3,(H,25,28)(H,26,27). The Kier molecular flexibility index (Phi) is 6.09. The maximum Gasteiger partial charge on any atom is 0.262 e. The van der Waals surface area contributed by atoms with Gasteiger partial charge in [-0.2, -0.15) is 0 Å². The number of hydrogen-bond acceptors (Lipinski definition) is 5. The lowest BCUT2D eigenvalue weighted by atomic mass is 10.1. The van der Waals surface area contributed by atoms with Gasteiger partial charge in [0.2, 0.25) is 0 Å². The molecule has 2 amide bonds. The molecule has 0 saturated carbocycles. The van der Waals surface area contributed by atoms with E-state index in [4.69, 9.17) is 4.74 Å². The second kappa shape index (κ2) is 9.09. The Morgan fingerprint density at radius 2 is 2.10 bits per heavy atom. The third kappa shape index (κ3) is 4.68. The topological polar surface area (TPSA) is 80.3 Å². The number of nitrogens with zero attached hydrogens (tertiary/aromatic N) is 1. The van der Waals surface area contributed by atoms with Crippen molar-refractivity contribution >= 4 is 28.2 Å². The average Bonchev–Trinajstić information content (AvgIpc) is 3.32. The number of benzene rings is 1. The highest BCUT2D eigenvalue weighted by molar-refractivity contribution is 7.17. The van der Waals surface area contributed by atoms with Crippen LogP contribution in [0.5, 0.6) is 5.75 Å². The maximum absolute atomic E-state index is 13.0. The van der Waals surface area contributed by atoms with E-state index in [1.165, 1.54) is 16.2 Å². The van der Waals surface area contributed by atoms with Gasteiger partial charge in [-0.15, -0.1) is 11.3 Å². The van der Waals surface area contributed by atoms with Crippen LogP contribution in [0.2, 0.25) is 0 Å². The number of ether oxygens (including phenoxy) is 1. The molecule has 1 aliphatic rings. The Bertz CT molecular complexity index is 1060. The Labute approximate surface area is 179 Å². The fourth-order valence-electron chi connectivity index (χ4n) is 3.52. The van der Waals surface area contributed by atoms with Crippen molar-refractivity contribution in [1.29, 1.82) is 0 Å². The fraction of sp³-hybridized carbons (Fsp3) is 0.261. The van der Waals surface area contributed by atoms with E-state index < -0.39 is 0 Å². The molecule has 3 aromatic rings. The Morgan fingerprint density at radius 3 is 2.90 bits per heavy atom. The number of carbonyl (C=O) groups is 2. The quantitative estimate of drug-likeness (QED) is 0.607. The van der Waals surface area contributed by atoms with E-state index in [2.05, 4.69) is 15.6 Å². The molecule has 0 fully saturated rings. The minimum Gasteiger partial charge on any atom is -0.484 e. The summed E-state index contributed by atoms with van der Waals surface area (Å²) in [5.74, 6) is 0.194. The van der Waals surface area contributed by atoms with Crippen LogP contribution in [-0.2, 0) is 24.2 Å². The zero-order valence-corrected chi connectivity index (χ0v) is 17.6. The van der Waals surface area contributed by atoms with Crippen LogP contribution < -0.4 is 15.4 Å². The molecule has 0 saturated heterocycles. The molecule has 0 radical (unpaired) electrons. The molecule has 0 atom stereocenters. The molecule has 0 unspecified atom stereocenters. The van der Waals surface area contributed by atoms with Crippen molar-refractivity contribution in [3.8, 4) is 5.75 Å². The van der Waals surface area contributed by atoms with E-state index in [1.807, 2.05) is 43.3 Å². The van der Waals surface area contributed by atoms with Gasteiger partial charge in [-0.25, -0.2) is 0 Å². The number of aryl methyl sites for hydroxylation is 2. The number of hydrogen-bond donors (Lipinski definition) is 2. The predicted molar refractivity (Wildman–Crippen MR) is 117 cm³/mol. The van der Waals surface area contributed by atoms with Crippen molar-refractivity contribution in [1.82, 2.24) is 10.3 Å². The van der Waals surface area contributed by atoms with Gasteiger partial charge in [-0.3, -0.25) is 14.6 Å². The van der Waals surface area contributed by atoms with Crippen LogP contribution in [0.25, 0.3) is 0 Å². The van der Waals surface area contributed by atoms with Gasteiger partial charge in [-0.1, -0.05) is 18.2 Å². The van der Waals surface area contributed by atoms with Gasteiger partial charge < -0.3 is 15.4 Å². The summed E-state index contributed by atoms with van der Waals surface area (Å²) in [6, 6.07) is 11.3. The largest absolute Gasteiger partial charge is 0.484 e. The van der Waals surface area contributed by atoms with Crippen molar-refractivity contribution in [2.24, 2.45) is 0 Å². The SMILES string of the molecule is Cc1cccc(OCC(=O)Nc2sc3c(c2C(=O)NCc2cccnc2)CCC3)c1. The summed E-state index contributed by atoms with van der Waals surface area (Å²) in [4.78, 5) is 30.7. The molecule has 7 heteroatoms. The normalized spacial score (nSPS) is 12.3. The number of pyridine rings is 1. The number of anilines is 1. The molecule has 30 heavy (non-hydrogen) atoms. The molecule has 0 spiro atoms. The highest BCUT2D eigenvalue weighted by Gasteiger charge is 2.27. The zero-order chi connectivity index (χ0) is 20.9. The Hall–Kier alpha value is -3.19. The number of aromatic nitrogens is 1. The second-order valence-electron chi connectivity index (χ2n) is 7.26. The molecular formula is C23H23N3O3S. The fourth-order valence-corrected chi connectivity index (χ4v) is 4.83. The maximum atomic E-state index is 13.0. The molecule has 6 nitrogen and oxygen atoms in total. The third-order valence-corrected chi connectivity index (χ3v) is 6.14.